The fourth-order valence-electron chi connectivity index (χ4n) is 3.83. The second-order valence-electron chi connectivity index (χ2n) is 7.42. The van der Waals surface area contributed by atoms with Gasteiger partial charge < -0.3 is 24.1 Å². The molecule has 4 rings (SSSR count). The van der Waals surface area contributed by atoms with Crippen LogP contribution >= 0.6 is 0 Å². The van der Waals surface area contributed by atoms with E-state index in [0.29, 0.717) is 25.0 Å². The molecule has 1 aliphatic heterocycles. The largest absolute Gasteiger partial charge is 0.508 e. The maximum absolute atomic E-state index is 10.9. The molecule has 0 spiro atoms. The van der Waals surface area contributed by atoms with Gasteiger partial charge in [0.15, 0.2) is 0 Å². The molecule has 146 valence electrons. The van der Waals surface area contributed by atoms with Gasteiger partial charge in [-0.25, -0.2) is 0 Å². The van der Waals surface area contributed by atoms with Crippen LogP contribution < -0.4 is 9.47 Å². The van der Waals surface area contributed by atoms with Gasteiger partial charge in [-0.15, -0.1) is 0 Å². The molecule has 1 aromatic heterocycles. The Morgan fingerprint density at radius 2 is 2.07 bits per heavy atom. The first-order valence-electron chi connectivity index (χ1n) is 9.36. The van der Waals surface area contributed by atoms with Gasteiger partial charge in [-0.2, -0.15) is 0 Å². The van der Waals surface area contributed by atoms with Gasteiger partial charge in [-0.05, 0) is 38.8 Å². The van der Waals surface area contributed by atoms with Crippen molar-refractivity contribution in [2.24, 2.45) is 0 Å². The molecule has 2 aromatic carbocycles. The minimum Gasteiger partial charge on any atom is -0.508 e. The lowest BCUT2D eigenvalue weighted by Gasteiger charge is -2.28. The molecule has 1 atom stereocenters. The highest BCUT2D eigenvalue weighted by molar-refractivity contribution is 5.88. The molecular formula is C23H24O5. The van der Waals surface area contributed by atoms with Crippen LogP contribution in [0.25, 0.3) is 11.0 Å². The number of rotatable bonds is 4. The smallest absolute Gasteiger partial charge is 0.141 e. The van der Waals surface area contributed by atoms with Crippen LogP contribution in [-0.2, 0) is 12.8 Å². The molecule has 0 unspecified atom stereocenters. The number of fused-ring (bicyclic) bond motifs is 2. The molecule has 0 radical (unpaired) electrons. The normalized spacial score (nSPS) is 15.8. The van der Waals surface area contributed by atoms with Crippen molar-refractivity contribution in [2.75, 3.05) is 13.7 Å². The third kappa shape index (κ3) is 3.07. The molecule has 0 bridgehead atoms. The highest BCUT2D eigenvalue weighted by atomic mass is 16.5. The zero-order chi connectivity index (χ0) is 19.8. The van der Waals surface area contributed by atoms with Crippen molar-refractivity contribution in [1.29, 1.82) is 0 Å². The lowest BCUT2D eigenvalue weighted by molar-refractivity contribution is 0.255. The van der Waals surface area contributed by atoms with Gasteiger partial charge in [-0.1, -0.05) is 17.7 Å². The minimum absolute atomic E-state index is 0.0446. The van der Waals surface area contributed by atoms with Gasteiger partial charge in [0.2, 0.25) is 0 Å². The summed E-state index contributed by atoms with van der Waals surface area (Å²) in [5.41, 5.74) is 4.14. The van der Waals surface area contributed by atoms with Crippen LogP contribution in [0.3, 0.4) is 0 Å². The van der Waals surface area contributed by atoms with Crippen molar-refractivity contribution in [3.05, 3.63) is 58.9 Å². The van der Waals surface area contributed by atoms with Crippen LogP contribution in [0.1, 0.15) is 36.5 Å². The van der Waals surface area contributed by atoms with Crippen molar-refractivity contribution in [3.63, 3.8) is 0 Å². The van der Waals surface area contributed by atoms with Crippen molar-refractivity contribution in [3.8, 4) is 23.0 Å². The summed E-state index contributed by atoms with van der Waals surface area (Å²) in [6.45, 7) is 4.42. The quantitative estimate of drug-likeness (QED) is 0.618. The molecule has 5 nitrogen and oxygen atoms in total. The number of allylic oxidation sites excluding steroid dienone is 2. The van der Waals surface area contributed by atoms with Crippen LogP contribution in [0, 0.1) is 0 Å². The maximum Gasteiger partial charge on any atom is 0.141 e. The van der Waals surface area contributed by atoms with E-state index in [1.54, 1.807) is 25.5 Å². The van der Waals surface area contributed by atoms with Crippen molar-refractivity contribution < 1.29 is 24.1 Å². The van der Waals surface area contributed by atoms with Gasteiger partial charge in [0.25, 0.3) is 0 Å². The van der Waals surface area contributed by atoms with E-state index in [2.05, 4.69) is 0 Å². The molecule has 0 fully saturated rings. The molecule has 5 heteroatoms. The summed E-state index contributed by atoms with van der Waals surface area (Å²) >= 11 is 0. The molecule has 3 aromatic rings. The summed E-state index contributed by atoms with van der Waals surface area (Å²) < 4.78 is 17.2. The van der Waals surface area contributed by atoms with E-state index in [1.165, 1.54) is 0 Å². The van der Waals surface area contributed by atoms with E-state index in [1.807, 2.05) is 32.1 Å². The molecule has 2 heterocycles. The summed E-state index contributed by atoms with van der Waals surface area (Å²) in [6.07, 6.45) is 4.78. The number of phenols is 2. The second-order valence-corrected chi connectivity index (χ2v) is 7.42. The number of methoxy groups -OCH3 is 1. The molecule has 2 N–H and O–H groups in total. The Hall–Kier alpha value is -3.08. The SMILES string of the molecule is COc1c2c(cc3occc13)OC[C@@H](c1ccc(O)c(CC=C(C)C)c1O)C2. The number of hydrogen-bond acceptors (Lipinski definition) is 5. The van der Waals surface area contributed by atoms with Crippen LogP contribution in [0.2, 0.25) is 0 Å². The lowest BCUT2D eigenvalue weighted by atomic mass is 9.87. The van der Waals surface area contributed by atoms with Crippen molar-refractivity contribution in [1.82, 2.24) is 0 Å². The van der Waals surface area contributed by atoms with Crippen molar-refractivity contribution >= 4 is 11.0 Å². The number of phenolic OH excluding ortho intramolecular Hbond substituents is 2. The Labute approximate surface area is 163 Å². The zero-order valence-corrected chi connectivity index (χ0v) is 16.3. The number of hydrogen-bond donors (Lipinski definition) is 2. The van der Waals surface area contributed by atoms with E-state index in [-0.39, 0.29) is 17.4 Å². The first kappa shape index (κ1) is 18.3. The Balaban J connectivity index is 1.73. The van der Waals surface area contributed by atoms with Gasteiger partial charge >= 0.3 is 0 Å². The third-order valence-electron chi connectivity index (χ3n) is 5.31. The predicted octanol–water partition coefficient (Wildman–Crippen LogP) is 5.08. The maximum atomic E-state index is 10.9. The van der Waals surface area contributed by atoms with Crippen molar-refractivity contribution in [2.45, 2.75) is 32.6 Å². The fourth-order valence-corrected chi connectivity index (χ4v) is 3.83. The molecule has 28 heavy (non-hydrogen) atoms. The minimum atomic E-state index is -0.0446. The lowest BCUT2D eigenvalue weighted by Crippen LogP contribution is -2.20. The third-order valence-corrected chi connectivity index (χ3v) is 5.31. The van der Waals surface area contributed by atoms with Crippen LogP contribution in [-0.4, -0.2) is 23.9 Å². The second kappa shape index (κ2) is 7.15. The monoisotopic (exact) mass is 380 g/mol. The Bertz CT molecular complexity index is 1060. The number of aromatic hydroxyl groups is 2. The Morgan fingerprint density at radius 1 is 1.25 bits per heavy atom. The summed E-state index contributed by atoms with van der Waals surface area (Å²) in [5.74, 6) is 1.69. The predicted molar refractivity (Wildman–Crippen MR) is 108 cm³/mol. The fraction of sp³-hybridized carbons (Fsp3) is 0.304. The van der Waals surface area contributed by atoms with E-state index in [4.69, 9.17) is 13.9 Å². The zero-order valence-electron chi connectivity index (χ0n) is 16.3. The van der Waals surface area contributed by atoms with E-state index >= 15 is 0 Å². The van der Waals surface area contributed by atoms with Crippen LogP contribution in [0.15, 0.2) is 46.6 Å². The van der Waals surface area contributed by atoms with Gasteiger partial charge in [-0.3, -0.25) is 0 Å². The molecular weight excluding hydrogens is 356 g/mol. The standard InChI is InChI=1S/C23H24O5/c1-13(2)4-5-16-19(24)7-6-15(22(16)25)14-10-18-21(28-12-14)11-20-17(8-9-27-20)23(18)26-3/h4,6-9,11,14,24-25H,5,10,12H2,1-3H3/t14-/m0/s1. The Kier molecular flexibility index (Phi) is 4.67. The van der Waals surface area contributed by atoms with Crippen LogP contribution in [0.4, 0.5) is 0 Å². The highest BCUT2D eigenvalue weighted by Crippen LogP contribution is 2.45. The Morgan fingerprint density at radius 3 is 2.82 bits per heavy atom. The summed E-state index contributed by atoms with van der Waals surface area (Å²) in [7, 11) is 1.64. The van der Waals surface area contributed by atoms with Gasteiger partial charge in [0.1, 0.15) is 28.6 Å². The topological polar surface area (TPSA) is 72.1 Å². The van der Waals surface area contributed by atoms with E-state index in [9.17, 15) is 10.2 Å². The molecule has 1 aliphatic rings. The summed E-state index contributed by atoms with van der Waals surface area (Å²) in [5, 5.41) is 22.0. The molecule has 0 saturated heterocycles. The van der Waals surface area contributed by atoms with E-state index < -0.39 is 0 Å². The average molecular weight is 380 g/mol. The molecule has 0 saturated carbocycles. The van der Waals surface area contributed by atoms with Crippen LogP contribution in [0.5, 0.6) is 23.0 Å². The van der Waals surface area contributed by atoms with Gasteiger partial charge in [0.05, 0.1) is 25.4 Å². The average Bonchev–Trinajstić information content (AvgIpc) is 3.13. The summed E-state index contributed by atoms with van der Waals surface area (Å²) in [6, 6.07) is 7.20. The number of furan rings is 1. The van der Waals surface area contributed by atoms with E-state index in [0.717, 1.165) is 39.2 Å². The molecule has 0 aliphatic carbocycles. The number of benzene rings is 2. The first-order chi connectivity index (χ1) is 13.5. The molecule has 0 amide bonds. The first-order valence-corrected chi connectivity index (χ1v) is 9.36. The highest BCUT2D eigenvalue weighted by Gasteiger charge is 2.29. The van der Waals surface area contributed by atoms with Gasteiger partial charge in [0, 0.05) is 28.7 Å². The summed E-state index contributed by atoms with van der Waals surface area (Å²) in [4.78, 5) is 0. The number of ether oxygens (including phenoxy) is 2.